The van der Waals surface area contributed by atoms with E-state index in [1.165, 1.54) is 12.1 Å². The van der Waals surface area contributed by atoms with Gasteiger partial charge in [0.2, 0.25) is 0 Å². The number of phenols is 1. The highest BCUT2D eigenvalue weighted by molar-refractivity contribution is 5.52. The third-order valence-electron chi connectivity index (χ3n) is 1.55. The molecule has 0 amide bonds. The van der Waals surface area contributed by atoms with Gasteiger partial charge in [-0.15, -0.1) is 0 Å². The van der Waals surface area contributed by atoms with Crippen molar-refractivity contribution in [3.05, 3.63) is 28.8 Å². The van der Waals surface area contributed by atoms with Gasteiger partial charge in [0.25, 0.3) is 0 Å². The number of aryl methyl sites for hydroxylation is 1. The van der Waals surface area contributed by atoms with Crippen molar-refractivity contribution in [2.45, 2.75) is 6.92 Å². The molecule has 58 valence electrons. The molecular weight excluding hydrogens is 152 g/mol. The second-order valence-electron chi connectivity index (χ2n) is 2.41. The summed E-state index contributed by atoms with van der Waals surface area (Å²) in [6, 6.07) is 6.62. The van der Waals surface area contributed by atoms with Crippen LogP contribution in [-0.2, 0) is 0 Å². The van der Waals surface area contributed by atoms with Gasteiger partial charge in [0.1, 0.15) is 11.8 Å². The van der Waals surface area contributed by atoms with Crippen LogP contribution < -0.4 is 0 Å². The van der Waals surface area contributed by atoms with Crippen LogP contribution in [0, 0.1) is 29.6 Å². The first-order valence-corrected chi connectivity index (χ1v) is 3.33. The Labute approximate surface area is 70.1 Å². The van der Waals surface area contributed by atoms with Crippen molar-refractivity contribution in [3.63, 3.8) is 0 Å². The smallest absolute Gasteiger partial charge is 0.136 e. The molecule has 0 aromatic heterocycles. The minimum atomic E-state index is -0.0449. The molecule has 0 aliphatic heterocycles. The fourth-order valence-corrected chi connectivity index (χ4v) is 0.929. The maximum absolute atomic E-state index is 9.29. The highest BCUT2D eigenvalue weighted by atomic mass is 16.3. The van der Waals surface area contributed by atoms with Crippen LogP contribution in [0.4, 0.5) is 0 Å². The summed E-state index contributed by atoms with van der Waals surface area (Å²) in [4.78, 5) is 0. The largest absolute Gasteiger partial charge is 0.506 e. The number of benzene rings is 1. The van der Waals surface area contributed by atoms with Gasteiger partial charge in [0.05, 0.1) is 17.2 Å². The van der Waals surface area contributed by atoms with Gasteiger partial charge in [-0.1, -0.05) is 0 Å². The topological polar surface area (TPSA) is 67.8 Å². The minimum absolute atomic E-state index is 0.0449. The van der Waals surface area contributed by atoms with Gasteiger partial charge in [0.15, 0.2) is 0 Å². The Hall–Kier alpha value is -2.00. The normalized spacial score (nSPS) is 8.58. The highest BCUT2D eigenvalue weighted by Gasteiger charge is 2.05. The molecule has 1 aromatic rings. The fraction of sp³-hybridized carbons (Fsp3) is 0.111. The zero-order valence-electron chi connectivity index (χ0n) is 6.50. The number of rotatable bonds is 0. The lowest BCUT2D eigenvalue weighted by Crippen LogP contribution is -1.84. The molecule has 1 rings (SSSR count). The molecular formula is C9H6N2O. The van der Waals surface area contributed by atoms with Crippen LogP contribution in [0.1, 0.15) is 16.7 Å². The summed E-state index contributed by atoms with van der Waals surface area (Å²) in [5.74, 6) is -0.0449. The Morgan fingerprint density at radius 1 is 1.25 bits per heavy atom. The zero-order chi connectivity index (χ0) is 9.14. The van der Waals surface area contributed by atoms with Crippen LogP contribution in [0.25, 0.3) is 0 Å². The quantitative estimate of drug-likeness (QED) is 0.621. The second kappa shape index (κ2) is 2.94. The van der Waals surface area contributed by atoms with E-state index in [0.29, 0.717) is 11.1 Å². The van der Waals surface area contributed by atoms with Gasteiger partial charge < -0.3 is 5.11 Å². The van der Waals surface area contributed by atoms with E-state index in [-0.39, 0.29) is 11.3 Å². The van der Waals surface area contributed by atoms with Crippen LogP contribution in [0.3, 0.4) is 0 Å². The molecule has 0 bridgehead atoms. The van der Waals surface area contributed by atoms with Crippen molar-refractivity contribution in [2.75, 3.05) is 0 Å². The van der Waals surface area contributed by atoms with Gasteiger partial charge in [-0.3, -0.25) is 0 Å². The third-order valence-corrected chi connectivity index (χ3v) is 1.55. The monoisotopic (exact) mass is 158 g/mol. The lowest BCUT2D eigenvalue weighted by molar-refractivity contribution is 0.469. The SMILES string of the molecule is Cc1cc(C#N)cc(C#N)c1O. The van der Waals surface area contributed by atoms with E-state index >= 15 is 0 Å². The maximum Gasteiger partial charge on any atom is 0.136 e. The van der Waals surface area contributed by atoms with Crippen molar-refractivity contribution in [3.8, 4) is 17.9 Å². The molecule has 0 saturated heterocycles. The van der Waals surface area contributed by atoms with Gasteiger partial charge >= 0.3 is 0 Å². The minimum Gasteiger partial charge on any atom is -0.506 e. The molecule has 0 aliphatic carbocycles. The van der Waals surface area contributed by atoms with Crippen LogP contribution in [0.15, 0.2) is 12.1 Å². The van der Waals surface area contributed by atoms with Gasteiger partial charge in [0, 0.05) is 0 Å². The fourth-order valence-electron chi connectivity index (χ4n) is 0.929. The molecule has 1 N–H and O–H groups in total. The number of hydrogen-bond acceptors (Lipinski definition) is 3. The van der Waals surface area contributed by atoms with Gasteiger partial charge in [-0.2, -0.15) is 10.5 Å². The first-order chi connectivity index (χ1) is 5.69. The average Bonchev–Trinajstić information content (AvgIpc) is 2.09. The summed E-state index contributed by atoms with van der Waals surface area (Å²) < 4.78 is 0. The van der Waals surface area contributed by atoms with E-state index < -0.39 is 0 Å². The molecule has 0 radical (unpaired) electrons. The molecule has 0 aliphatic rings. The van der Waals surface area contributed by atoms with E-state index in [2.05, 4.69) is 0 Å². The lowest BCUT2D eigenvalue weighted by Gasteiger charge is -2.00. The van der Waals surface area contributed by atoms with E-state index in [1.54, 1.807) is 6.92 Å². The Morgan fingerprint density at radius 3 is 2.42 bits per heavy atom. The van der Waals surface area contributed by atoms with Crippen LogP contribution in [-0.4, -0.2) is 5.11 Å². The van der Waals surface area contributed by atoms with E-state index in [9.17, 15) is 5.11 Å². The van der Waals surface area contributed by atoms with Crippen molar-refractivity contribution in [1.29, 1.82) is 10.5 Å². The first kappa shape index (κ1) is 8.10. The molecule has 3 heteroatoms. The third kappa shape index (κ3) is 1.21. The van der Waals surface area contributed by atoms with Gasteiger partial charge in [-0.05, 0) is 24.6 Å². The molecule has 3 nitrogen and oxygen atoms in total. The first-order valence-electron chi connectivity index (χ1n) is 3.33. The second-order valence-corrected chi connectivity index (χ2v) is 2.41. The molecule has 0 unspecified atom stereocenters. The standard InChI is InChI=1S/C9H6N2O/c1-6-2-7(4-10)3-8(5-11)9(6)12/h2-3,12H,1H3. The molecule has 0 saturated carbocycles. The number of aromatic hydroxyl groups is 1. The summed E-state index contributed by atoms with van der Waals surface area (Å²) in [7, 11) is 0. The van der Waals surface area contributed by atoms with Crippen molar-refractivity contribution >= 4 is 0 Å². The number of nitrogens with zero attached hydrogens (tertiary/aromatic N) is 2. The predicted octanol–water partition coefficient (Wildman–Crippen LogP) is 1.44. The van der Waals surface area contributed by atoms with Crippen LogP contribution in [0.5, 0.6) is 5.75 Å². The summed E-state index contributed by atoms with van der Waals surface area (Å²) >= 11 is 0. The Morgan fingerprint density at radius 2 is 1.92 bits per heavy atom. The molecule has 0 heterocycles. The van der Waals surface area contributed by atoms with Crippen LogP contribution in [0.2, 0.25) is 0 Å². The molecule has 12 heavy (non-hydrogen) atoms. The summed E-state index contributed by atoms with van der Waals surface area (Å²) in [6.45, 7) is 1.65. The Kier molecular flexibility index (Phi) is 1.98. The van der Waals surface area contributed by atoms with E-state index in [0.717, 1.165) is 0 Å². The number of nitriles is 2. The summed E-state index contributed by atoms with van der Waals surface area (Å²) in [5, 5.41) is 26.4. The molecule has 0 spiro atoms. The van der Waals surface area contributed by atoms with Crippen molar-refractivity contribution in [1.82, 2.24) is 0 Å². The van der Waals surface area contributed by atoms with Gasteiger partial charge in [-0.25, -0.2) is 0 Å². The zero-order valence-corrected chi connectivity index (χ0v) is 6.50. The van der Waals surface area contributed by atoms with Crippen molar-refractivity contribution in [2.24, 2.45) is 0 Å². The summed E-state index contributed by atoms with van der Waals surface area (Å²) in [6.07, 6.45) is 0. The molecule has 1 aromatic carbocycles. The Bertz CT molecular complexity index is 396. The van der Waals surface area contributed by atoms with Crippen LogP contribution >= 0.6 is 0 Å². The summed E-state index contributed by atoms with van der Waals surface area (Å²) in [5.41, 5.74) is 1.08. The van der Waals surface area contributed by atoms with E-state index in [1.807, 2.05) is 12.1 Å². The Balaban J connectivity index is 3.44. The average molecular weight is 158 g/mol. The maximum atomic E-state index is 9.29. The van der Waals surface area contributed by atoms with Crippen molar-refractivity contribution < 1.29 is 5.11 Å². The number of hydrogen-bond donors (Lipinski definition) is 1. The molecule has 0 atom stereocenters. The number of phenolic OH excluding ortho intramolecular Hbond substituents is 1. The highest BCUT2D eigenvalue weighted by Crippen LogP contribution is 2.22. The molecule has 0 fully saturated rings. The van der Waals surface area contributed by atoms with E-state index in [4.69, 9.17) is 10.5 Å². The lowest BCUT2D eigenvalue weighted by atomic mass is 10.1. The predicted molar refractivity (Wildman–Crippen MR) is 42.3 cm³/mol.